The van der Waals surface area contributed by atoms with Gasteiger partial charge in [-0.15, -0.1) is 0 Å². The number of rotatable bonds is 1. The van der Waals surface area contributed by atoms with Crippen molar-refractivity contribution in [3.05, 3.63) is 24.7 Å². The van der Waals surface area contributed by atoms with Crippen molar-refractivity contribution in [2.24, 2.45) is 0 Å². The second-order valence-electron chi connectivity index (χ2n) is 2.11. The number of hydrogen-bond donors (Lipinski definition) is 1. The maximum Gasteiger partial charge on any atom is 0.142 e. The molecule has 0 fully saturated rings. The van der Waals surface area contributed by atoms with E-state index in [2.05, 4.69) is 16.5 Å². The molecule has 0 spiro atoms. The van der Waals surface area contributed by atoms with Crippen LogP contribution >= 0.6 is 0 Å². The van der Waals surface area contributed by atoms with Crippen LogP contribution in [0.3, 0.4) is 0 Å². The maximum absolute atomic E-state index is 5.38. The third-order valence-corrected chi connectivity index (χ3v) is 1.09. The predicted octanol–water partition coefficient (Wildman–Crippen LogP) is 1.09. The van der Waals surface area contributed by atoms with Crippen LogP contribution in [0.15, 0.2) is 19.0 Å². The Bertz CT molecular complexity index is 255. The molecular weight excluding hydrogens is 126 g/mol. The Morgan fingerprint density at radius 1 is 1.60 bits per heavy atom. The van der Waals surface area contributed by atoms with E-state index in [9.17, 15) is 0 Å². The lowest BCUT2D eigenvalue weighted by Crippen LogP contribution is -1.94. The van der Waals surface area contributed by atoms with Crippen molar-refractivity contribution in [2.75, 3.05) is 5.73 Å². The SMILES string of the molecule is C=C(C)c1cncc(N)n1. The van der Waals surface area contributed by atoms with Crippen LogP contribution in [0.5, 0.6) is 0 Å². The fourth-order valence-corrected chi connectivity index (χ4v) is 0.587. The zero-order chi connectivity index (χ0) is 7.56. The monoisotopic (exact) mass is 135 g/mol. The molecule has 0 atom stereocenters. The molecule has 0 radical (unpaired) electrons. The summed E-state index contributed by atoms with van der Waals surface area (Å²) in [6, 6.07) is 0. The second-order valence-corrected chi connectivity index (χ2v) is 2.11. The number of anilines is 1. The van der Waals surface area contributed by atoms with Crippen molar-refractivity contribution in [1.82, 2.24) is 9.97 Å². The van der Waals surface area contributed by atoms with Gasteiger partial charge in [0, 0.05) is 0 Å². The van der Waals surface area contributed by atoms with E-state index < -0.39 is 0 Å². The van der Waals surface area contributed by atoms with Gasteiger partial charge in [-0.3, -0.25) is 4.98 Å². The van der Waals surface area contributed by atoms with Crippen molar-refractivity contribution in [2.45, 2.75) is 6.92 Å². The molecule has 1 aromatic heterocycles. The molecule has 1 heterocycles. The molecule has 0 bridgehead atoms. The van der Waals surface area contributed by atoms with E-state index in [1.165, 1.54) is 6.20 Å². The first-order chi connectivity index (χ1) is 4.70. The van der Waals surface area contributed by atoms with E-state index in [1.54, 1.807) is 6.20 Å². The Morgan fingerprint density at radius 3 is 2.70 bits per heavy atom. The van der Waals surface area contributed by atoms with E-state index in [0.717, 1.165) is 11.3 Å². The molecule has 1 rings (SSSR count). The number of hydrogen-bond acceptors (Lipinski definition) is 3. The number of nitrogens with two attached hydrogens (primary N) is 1. The Hall–Kier alpha value is -1.38. The van der Waals surface area contributed by atoms with Crippen LogP contribution < -0.4 is 5.73 Å². The highest BCUT2D eigenvalue weighted by atomic mass is 14.9. The molecule has 2 N–H and O–H groups in total. The van der Waals surface area contributed by atoms with Gasteiger partial charge in [-0.2, -0.15) is 0 Å². The molecule has 0 saturated heterocycles. The summed E-state index contributed by atoms with van der Waals surface area (Å²) >= 11 is 0. The van der Waals surface area contributed by atoms with Gasteiger partial charge in [0.05, 0.1) is 18.1 Å². The molecule has 0 unspecified atom stereocenters. The van der Waals surface area contributed by atoms with Gasteiger partial charge < -0.3 is 5.73 Å². The van der Waals surface area contributed by atoms with E-state index in [-0.39, 0.29) is 0 Å². The third kappa shape index (κ3) is 1.31. The lowest BCUT2D eigenvalue weighted by molar-refractivity contribution is 1.18. The molecule has 3 heteroatoms. The zero-order valence-corrected chi connectivity index (χ0v) is 5.83. The summed E-state index contributed by atoms with van der Waals surface area (Å²) in [7, 11) is 0. The number of nitrogens with zero attached hydrogens (tertiary/aromatic N) is 2. The summed E-state index contributed by atoms with van der Waals surface area (Å²) < 4.78 is 0. The summed E-state index contributed by atoms with van der Waals surface area (Å²) in [5.41, 5.74) is 7.01. The average molecular weight is 135 g/mol. The summed E-state index contributed by atoms with van der Waals surface area (Å²) in [6.07, 6.45) is 3.14. The summed E-state index contributed by atoms with van der Waals surface area (Å²) in [5, 5.41) is 0. The minimum atomic E-state index is 0.431. The minimum absolute atomic E-state index is 0.431. The largest absolute Gasteiger partial charge is 0.382 e. The number of allylic oxidation sites excluding steroid dienone is 1. The first-order valence-electron chi connectivity index (χ1n) is 2.93. The highest BCUT2D eigenvalue weighted by Gasteiger charge is 1.93. The van der Waals surface area contributed by atoms with Gasteiger partial charge in [-0.1, -0.05) is 6.58 Å². The Kier molecular flexibility index (Phi) is 1.67. The van der Waals surface area contributed by atoms with Crippen molar-refractivity contribution in [1.29, 1.82) is 0 Å². The van der Waals surface area contributed by atoms with E-state index in [1.807, 2.05) is 6.92 Å². The molecule has 1 aromatic rings. The molecule has 0 aliphatic heterocycles. The molecule has 0 amide bonds. The van der Waals surface area contributed by atoms with Crippen molar-refractivity contribution in [3.8, 4) is 0 Å². The van der Waals surface area contributed by atoms with Crippen LogP contribution in [0.25, 0.3) is 5.57 Å². The lowest BCUT2D eigenvalue weighted by atomic mass is 10.3. The Morgan fingerprint density at radius 2 is 2.30 bits per heavy atom. The van der Waals surface area contributed by atoms with Crippen LogP contribution in [0.1, 0.15) is 12.6 Å². The smallest absolute Gasteiger partial charge is 0.142 e. The molecule has 0 aromatic carbocycles. The normalized spacial score (nSPS) is 9.30. The van der Waals surface area contributed by atoms with Crippen LogP contribution in [0, 0.1) is 0 Å². The predicted molar refractivity (Wildman–Crippen MR) is 41.2 cm³/mol. The molecule has 0 aliphatic rings. The van der Waals surface area contributed by atoms with Crippen LogP contribution in [-0.2, 0) is 0 Å². The van der Waals surface area contributed by atoms with E-state index in [4.69, 9.17) is 5.73 Å². The quantitative estimate of drug-likeness (QED) is 0.627. The van der Waals surface area contributed by atoms with Gasteiger partial charge in [0.2, 0.25) is 0 Å². The van der Waals surface area contributed by atoms with Gasteiger partial charge in [-0.05, 0) is 12.5 Å². The van der Waals surface area contributed by atoms with E-state index in [0.29, 0.717) is 5.82 Å². The van der Waals surface area contributed by atoms with Gasteiger partial charge in [0.1, 0.15) is 5.82 Å². The summed E-state index contributed by atoms with van der Waals surface area (Å²) in [6.45, 7) is 5.57. The standard InChI is InChI=1S/C7H9N3/c1-5(2)6-3-9-4-7(8)10-6/h3-4H,1H2,2H3,(H2,8,10). The molecule has 0 aliphatic carbocycles. The highest BCUT2D eigenvalue weighted by molar-refractivity contribution is 5.57. The molecule has 3 nitrogen and oxygen atoms in total. The molecular formula is C7H9N3. The maximum atomic E-state index is 5.38. The summed E-state index contributed by atoms with van der Waals surface area (Å²) in [4.78, 5) is 7.85. The van der Waals surface area contributed by atoms with Gasteiger partial charge in [-0.25, -0.2) is 4.98 Å². The average Bonchev–Trinajstić information content (AvgIpc) is 1.88. The van der Waals surface area contributed by atoms with Gasteiger partial charge >= 0.3 is 0 Å². The molecule has 10 heavy (non-hydrogen) atoms. The third-order valence-electron chi connectivity index (χ3n) is 1.09. The second kappa shape index (κ2) is 2.47. The van der Waals surface area contributed by atoms with Crippen LogP contribution in [0.2, 0.25) is 0 Å². The lowest BCUT2D eigenvalue weighted by Gasteiger charge is -1.96. The summed E-state index contributed by atoms with van der Waals surface area (Å²) in [5.74, 6) is 0.431. The fourth-order valence-electron chi connectivity index (χ4n) is 0.587. The van der Waals surface area contributed by atoms with Gasteiger partial charge in [0.25, 0.3) is 0 Å². The number of aromatic nitrogens is 2. The fraction of sp³-hybridized carbons (Fsp3) is 0.143. The van der Waals surface area contributed by atoms with Crippen molar-refractivity contribution < 1.29 is 0 Å². The van der Waals surface area contributed by atoms with Gasteiger partial charge in [0.15, 0.2) is 0 Å². The molecule has 52 valence electrons. The first-order valence-corrected chi connectivity index (χ1v) is 2.93. The van der Waals surface area contributed by atoms with Crippen LogP contribution in [-0.4, -0.2) is 9.97 Å². The minimum Gasteiger partial charge on any atom is -0.382 e. The Balaban J connectivity index is 3.07. The zero-order valence-electron chi connectivity index (χ0n) is 5.83. The first kappa shape index (κ1) is 6.74. The Labute approximate surface area is 59.6 Å². The number of nitrogen functional groups attached to an aromatic ring is 1. The molecule has 0 saturated carbocycles. The van der Waals surface area contributed by atoms with E-state index >= 15 is 0 Å². The highest BCUT2D eigenvalue weighted by Crippen LogP contribution is 2.06. The van der Waals surface area contributed by atoms with Crippen LogP contribution in [0.4, 0.5) is 5.82 Å². The topological polar surface area (TPSA) is 51.8 Å². The van der Waals surface area contributed by atoms with Crippen molar-refractivity contribution in [3.63, 3.8) is 0 Å². The van der Waals surface area contributed by atoms with Crippen molar-refractivity contribution >= 4 is 11.4 Å².